The maximum absolute atomic E-state index is 13.4. The molecule has 0 saturated heterocycles. The molecule has 6 rings (SSSR count). The van der Waals surface area contributed by atoms with Crippen LogP contribution in [0, 0.1) is 0 Å². The van der Waals surface area contributed by atoms with Crippen LogP contribution in [-0.2, 0) is 18.3 Å². The van der Waals surface area contributed by atoms with Crippen molar-refractivity contribution < 1.29 is 19.1 Å². The molecule has 1 aliphatic rings. The molecule has 1 amide bonds. The number of ketones is 1. The van der Waals surface area contributed by atoms with E-state index in [1.807, 2.05) is 42.1 Å². The van der Waals surface area contributed by atoms with Crippen molar-refractivity contribution in [2.24, 2.45) is 7.05 Å². The summed E-state index contributed by atoms with van der Waals surface area (Å²) >= 11 is 0. The Morgan fingerprint density at radius 2 is 1.90 bits per heavy atom. The summed E-state index contributed by atoms with van der Waals surface area (Å²) in [6.07, 6.45) is 11.5. The van der Waals surface area contributed by atoms with Crippen LogP contribution in [0.2, 0.25) is 0 Å². The highest BCUT2D eigenvalue weighted by atomic mass is 16.3. The van der Waals surface area contributed by atoms with E-state index in [4.69, 9.17) is 9.40 Å². The topological polar surface area (TPSA) is 102 Å². The minimum atomic E-state index is -0.706. The Hall–Kier alpha value is -4.33. The van der Waals surface area contributed by atoms with Gasteiger partial charge in [-0.05, 0) is 67.8 Å². The second-order valence-corrected chi connectivity index (χ2v) is 10.6. The van der Waals surface area contributed by atoms with Crippen molar-refractivity contribution in [2.45, 2.75) is 57.5 Å². The number of aromatic hydroxyl groups is 1. The SMILES string of the molecule is CC(=O)[C@H](Cc1cn(C)c2ccc(O)cc12)NC(=O)c1ccc2c(c1)nc(-c1ccoc1)n2C1CCCCC1. The molecule has 8 heteroatoms. The summed E-state index contributed by atoms with van der Waals surface area (Å²) in [7, 11) is 1.92. The number of nitrogens with one attached hydrogen (secondary N) is 1. The molecule has 2 N–H and O–H groups in total. The Bertz CT molecular complexity index is 1670. The normalized spacial score (nSPS) is 15.1. The van der Waals surface area contributed by atoms with Gasteiger partial charge in [0, 0.05) is 42.2 Å². The van der Waals surface area contributed by atoms with E-state index in [1.165, 1.54) is 26.2 Å². The zero-order valence-corrected chi connectivity index (χ0v) is 22.2. The zero-order chi connectivity index (χ0) is 27.1. The highest BCUT2D eigenvalue weighted by molar-refractivity contribution is 6.00. The van der Waals surface area contributed by atoms with Crippen LogP contribution in [0.1, 0.15) is 61.0 Å². The third kappa shape index (κ3) is 4.71. The number of furan rings is 1. The van der Waals surface area contributed by atoms with Crippen LogP contribution in [0.15, 0.2) is 65.6 Å². The third-order valence-corrected chi connectivity index (χ3v) is 7.95. The number of benzene rings is 2. The Labute approximate surface area is 226 Å². The van der Waals surface area contributed by atoms with Gasteiger partial charge >= 0.3 is 0 Å². The second-order valence-electron chi connectivity index (χ2n) is 10.6. The summed E-state index contributed by atoms with van der Waals surface area (Å²) in [5.41, 5.74) is 4.94. The van der Waals surface area contributed by atoms with E-state index >= 15 is 0 Å². The van der Waals surface area contributed by atoms with Crippen molar-refractivity contribution in [3.05, 3.63) is 72.3 Å². The number of hydrogen-bond donors (Lipinski definition) is 2. The van der Waals surface area contributed by atoms with Crippen molar-refractivity contribution in [3.63, 3.8) is 0 Å². The van der Waals surface area contributed by atoms with Crippen molar-refractivity contribution >= 4 is 33.6 Å². The van der Waals surface area contributed by atoms with Gasteiger partial charge in [0.2, 0.25) is 0 Å². The minimum Gasteiger partial charge on any atom is -0.508 e. The lowest BCUT2D eigenvalue weighted by atomic mass is 9.95. The van der Waals surface area contributed by atoms with Crippen molar-refractivity contribution in [1.82, 2.24) is 19.4 Å². The average Bonchev–Trinajstić information content (AvgIpc) is 3.66. The number of fused-ring (bicyclic) bond motifs is 2. The van der Waals surface area contributed by atoms with E-state index in [0.717, 1.165) is 51.7 Å². The maximum Gasteiger partial charge on any atom is 0.251 e. The van der Waals surface area contributed by atoms with E-state index in [-0.39, 0.29) is 17.4 Å². The number of aromatic nitrogens is 3. The molecule has 1 atom stereocenters. The van der Waals surface area contributed by atoms with Gasteiger partial charge in [-0.15, -0.1) is 0 Å². The Balaban J connectivity index is 1.30. The summed E-state index contributed by atoms with van der Waals surface area (Å²) in [4.78, 5) is 30.9. The second kappa shape index (κ2) is 10.1. The van der Waals surface area contributed by atoms with Gasteiger partial charge in [-0.1, -0.05) is 19.3 Å². The first-order valence-electron chi connectivity index (χ1n) is 13.5. The molecule has 200 valence electrons. The fourth-order valence-corrected chi connectivity index (χ4v) is 5.93. The number of carbonyl (C=O) groups excluding carboxylic acids is 2. The Morgan fingerprint density at radius 1 is 1.10 bits per heavy atom. The van der Waals surface area contributed by atoms with Crippen LogP contribution in [0.3, 0.4) is 0 Å². The van der Waals surface area contributed by atoms with Crippen molar-refractivity contribution in [3.8, 4) is 17.1 Å². The quantitative estimate of drug-likeness (QED) is 0.275. The summed E-state index contributed by atoms with van der Waals surface area (Å²) in [5.74, 6) is 0.556. The number of hydrogen-bond acceptors (Lipinski definition) is 5. The van der Waals surface area contributed by atoms with E-state index in [1.54, 1.807) is 30.7 Å². The molecular formula is C31H32N4O4. The molecule has 1 saturated carbocycles. The number of rotatable bonds is 7. The lowest BCUT2D eigenvalue weighted by molar-refractivity contribution is -0.118. The van der Waals surface area contributed by atoms with Gasteiger partial charge < -0.3 is 24.0 Å². The van der Waals surface area contributed by atoms with Crippen LogP contribution >= 0.6 is 0 Å². The standard InChI is InChI=1S/C31H32N4O4/c1-19(36)26(15-22-17-34(2)28-11-9-24(37)16-25(22)28)33-31(38)20-8-10-29-27(14-20)32-30(21-12-13-39-18-21)35(29)23-6-4-3-5-7-23/h8-14,16-18,23,26,37H,3-7,15H2,1-2H3,(H,33,38)/t26-/m0/s1. The van der Waals surface area contributed by atoms with Crippen molar-refractivity contribution in [2.75, 3.05) is 0 Å². The fraction of sp³-hybridized carbons (Fsp3) is 0.323. The van der Waals surface area contributed by atoms with E-state index in [2.05, 4.69) is 9.88 Å². The molecule has 0 aliphatic heterocycles. The molecule has 0 bridgehead atoms. The number of phenols is 1. The van der Waals surface area contributed by atoms with Crippen LogP contribution in [0.4, 0.5) is 0 Å². The minimum absolute atomic E-state index is 0.134. The summed E-state index contributed by atoms with van der Waals surface area (Å²) in [6.45, 7) is 1.49. The molecule has 1 fully saturated rings. The van der Waals surface area contributed by atoms with Crippen LogP contribution in [-0.4, -0.2) is 37.0 Å². The first kappa shape index (κ1) is 25.0. The summed E-state index contributed by atoms with van der Waals surface area (Å²) < 4.78 is 9.61. The monoisotopic (exact) mass is 524 g/mol. The van der Waals surface area contributed by atoms with Gasteiger partial charge in [-0.2, -0.15) is 0 Å². The van der Waals surface area contributed by atoms with Gasteiger partial charge in [0.25, 0.3) is 5.91 Å². The Kier molecular flexibility index (Phi) is 6.46. The average molecular weight is 525 g/mol. The van der Waals surface area contributed by atoms with Crippen LogP contribution in [0.5, 0.6) is 5.75 Å². The summed E-state index contributed by atoms with van der Waals surface area (Å²) in [5, 5.41) is 13.8. The number of aryl methyl sites for hydroxylation is 1. The Morgan fingerprint density at radius 3 is 2.64 bits per heavy atom. The number of Topliss-reactive ketones (excluding diaryl/α,β-unsaturated/α-hetero) is 1. The molecule has 3 heterocycles. The predicted octanol–water partition coefficient (Wildman–Crippen LogP) is 5.93. The molecule has 0 spiro atoms. The first-order valence-corrected chi connectivity index (χ1v) is 13.5. The molecule has 5 aromatic rings. The molecule has 2 aromatic carbocycles. The number of phenolic OH excluding ortho intramolecular Hbond substituents is 1. The third-order valence-electron chi connectivity index (χ3n) is 7.95. The molecule has 0 radical (unpaired) electrons. The van der Waals surface area contributed by atoms with Crippen LogP contribution in [0.25, 0.3) is 33.3 Å². The predicted molar refractivity (Wildman–Crippen MR) is 150 cm³/mol. The van der Waals surface area contributed by atoms with E-state index < -0.39 is 6.04 Å². The number of nitrogens with zero attached hydrogens (tertiary/aromatic N) is 3. The van der Waals surface area contributed by atoms with E-state index in [9.17, 15) is 14.7 Å². The first-order chi connectivity index (χ1) is 18.9. The lowest BCUT2D eigenvalue weighted by Gasteiger charge is -2.25. The van der Waals surface area contributed by atoms with Gasteiger partial charge in [-0.25, -0.2) is 4.98 Å². The van der Waals surface area contributed by atoms with Crippen LogP contribution < -0.4 is 5.32 Å². The van der Waals surface area contributed by atoms with E-state index in [0.29, 0.717) is 18.0 Å². The fourth-order valence-electron chi connectivity index (χ4n) is 5.93. The number of imidazole rings is 1. The summed E-state index contributed by atoms with van der Waals surface area (Å²) in [6, 6.07) is 12.3. The smallest absolute Gasteiger partial charge is 0.251 e. The highest BCUT2D eigenvalue weighted by Gasteiger charge is 2.25. The highest BCUT2D eigenvalue weighted by Crippen LogP contribution is 2.36. The van der Waals surface area contributed by atoms with Gasteiger partial charge in [-0.3, -0.25) is 9.59 Å². The molecule has 8 nitrogen and oxygen atoms in total. The van der Waals surface area contributed by atoms with Gasteiger partial charge in [0.15, 0.2) is 5.78 Å². The number of carbonyl (C=O) groups is 2. The van der Waals surface area contributed by atoms with Gasteiger partial charge in [0.05, 0.1) is 28.9 Å². The van der Waals surface area contributed by atoms with Crippen molar-refractivity contribution in [1.29, 1.82) is 0 Å². The molecule has 1 aliphatic carbocycles. The molecular weight excluding hydrogens is 492 g/mol. The zero-order valence-electron chi connectivity index (χ0n) is 22.2. The number of amides is 1. The molecule has 39 heavy (non-hydrogen) atoms. The largest absolute Gasteiger partial charge is 0.508 e. The van der Waals surface area contributed by atoms with Gasteiger partial charge in [0.1, 0.15) is 17.8 Å². The lowest BCUT2D eigenvalue weighted by Crippen LogP contribution is -2.41. The molecule has 3 aromatic heterocycles. The molecule has 0 unspecified atom stereocenters. The maximum atomic E-state index is 13.4.